The first kappa shape index (κ1) is 20.3. The highest BCUT2D eigenvalue weighted by Gasteiger charge is 2.18. The van der Waals surface area contributed by atoms with E-state index in [1.807, 2.05) is 29.7 Å². The van der Waals surface area contributed by atoms with E-state index in [-0.39, 0.29) is 6.04 Å². The van der Waals surface area contributed by atoms with Gasteiger partial charge in [0.1, 0.15) is 5.82 Å². The lowest BCUT2D eigenvalue weighted by Gasteiger charge is -2.29. The zero-order valence-corrected chi connectivity index (χ0v) is 18.2. The molecule has 1 aliphatic heterocycles. The van der Waals surface area contributed by atoms with Crippen LogP contribution in [0.2, 0.25) is 0 Å². The van der Waals surface area contributed by atoms with Crippen molar-refractivity contribution in [1.82, 2.24) is 14.4 Å². The van der Waals surface area contributed by atoms with Crippen molar-refractivity contribution in [3.63, 3.8) is 0 Å². The molecule has 1 atom stereocenters. The number of nitrogens with zero attached hydrogens (tertiary/aromatic N) is 4. The molecule has 32 heavy (non-hydrogen) atoms. The average molecular weight is 431 g/mol. The number of amides is 1. The number of fused-ring (bicyclic) bond motifs is 3. The van der Waals surface area contributed by atoms with Crippen LogP contribution in [0, 0.1) is 6.92 Å². The van der Waals surface area contributed by atoms with Gasteiger partial charge < -0.3 is 20.7 Å². The molecule has 0 spiro atoms. The second kappa shape index (κ2) is 8.12. The molecule has 8 heteroatoms. The van der Waals surface area contributed by atoms with Crippen molar-refractivity contribution in [2.24, 2.45) is 5.73 Å². The lowest BCUT2D eigenvalue weighted by molar-refractivity contribution is 0.0999. The third-order valence-electron chi connectivity index (χ3n) is 6.16. The quantitative estimate of drug-likeness (QED) is 0.504. The Bertz CT molecular complexity index is 1310. The number of hydrogen-bond acceptors (Lipinski definition) is 6. The summed E-state index contributed by atoms with van der Waals surface area (Å²) in [6, 6.07) is 12.0. The largest absolute Gasteiger partial charge is 0.378 e. The Hall–Kier alpha value is -3.65. The third-order valence-corrected chi connectivity index (χ3v) is 6.16. The Balaban J connectivity index is 1.59. The van der Waals surface area contributed by atoms with Gasteiger partial charge in [-0.1, -0.05) is 12.1 Å². The number of primary amides is 1. The van der Waals surface area contributed by atoms with Gasteiger partial charge in [-0.05, 0) is 49.2 Å². The number of nitrogens with two attached hydrogens (primary N) is 1. The Morgan fingerprint density at radius 1 is 1.22 bits per heavy atom. The molecule has 1 saturated heterocycles. The van der Waals surface area contributed by atoms with E-state index in [0.717, 1.165) is 59.8 Å². The summed E-state index contributed by atoms with van der Waals surface area (Å²) in [4.78, 5) is 23.3. The first-order valence-corrected chi connectivity index (χ1v) is 10.8. The summed E-state index contributed by atoms with van der Waals surface area (Å²) in [7, 11) is 0. The van der Waals surface area contributed by atoms with Gasteiger partial charge >= 0.3 is 0 Å². The van der Waals surface area contributed by atoms with Gasteiger partial charge in [-0.3, -0.25) is 9.20 Å². The van der Waals surface area contributed by atoms with Gasteiger partial charge in [0.2, 0.25) is 11.7 Å². The summed E-state index contributed by atoms with van der Waals surface area (Å²) in [6.45, 7) is 7.17. The molecule has 5 rings (SSSR count). The topological polar surface area (TPSA) is 97.8 Å². The fourth-order valence-corrected chi connectivity index (χ4v) is 4.45. The number of hydrogen-bond donors (Lipinski definition) is 2. The van der Waals surface area contributed by atoms with Crippen LogP contribution in [-0.4, -0.2) is 46.6 Å². The second-order valence-electron chi connectivity index (χ2n) is 8.11. The standard InChI is InChI=1S/C24H26N6O2/c1-15-18(4-3-5-19(15)22(25)31)16(2)27-23-20-14-17(29-10-12-32-13-11-29)6-7-21(20)30-9-8-26-24(30)28-23/h3-9,14,16H,10-13H2,1-2H3,(H2,25,31)(H,26,27,28)/t16-/m1/s1. The molecule has 1 fully saturated rings. The molecule has 1 amide bonds. The monoisotopic (exact) mass is 430 g/mol. The van der Waals surface area contributed by atoms with Gasteiger partial charge in [-0.2, -0.15) is 4.98 Å². The van der Waals surface area contributed by atoms with Crippen LogP contribution < -0.4 is 16.0 Å². The number of rotatable bonds is 5. The van der Waals surface area contributed by atoms with E-state index < -0.39 is 5.91 Å². The normalized spacial score (nSPS) is 15.2. The van der Waals surface area contributed by atoms with Crippen molar-refractivity contribution in [3.8, 4) is 0 Å². The zero-order chi connectivity index (χ0) is 22.2. The number of imidazole rings is 1. The predicted octanol–water partition coefficient (Wildman–Crippen LogP) is 3.30. The highest BCUT2D eigenvalue weighted by molar-refractivity contribution is 5.95. The minimum Gasteiger partial charge on any atom is -0.378 e. The van der Waals surface area contributed by atoms with Crippen molar-refractivity contribution in [2.45, 2.75) is 19.9 Å². The number of ether oxygens (including phenoxy) is 1. The van der Waals surface area contributed by atoms with E-state index in [1.54, 1.807) is 12.3 Å². The van der Waals surface area contributed by atoms with Gasteiger partial charge in [0.25, 0.3) is 0 Å². The highest BCUT2D eigenvalue weighted by atomic mass is 16.5. The fourth-order valence-electron chi connectivity index (χ4n) is 4.45. The van der Waals surface area contributed by atoms with Crippen molar-refractivity contribution in [2.75, 3.05) is 36.5 Å². The summed E-state index contributed by atoms with van der Waals surface area (Å²) in [5.41, 5.74) is 10.1. The van der Waals surface area contributed by atoms with E-state index in [9.17, 15) is 4.79 Å². The number of benzene rings is 2. The van der Waals surface area contributed by atoms with Crippen LogP contribution in [0.4, 0.5) is 11.5 Å². The molecule has 0 radical (unpaired) electrons. The number of carbonyl (C=O) groups is 1. The lowest BCUT2D eigenvalue weighted by Crippen LogP contribution is -2.36. The van der Waals surface area contributed by atoms with Crippen LogP contribution in [0.25, 0.3) is 16.7 Å². The van der Waals surface area contributed by atoms with Crippen molar-refractivity contribution in [3.05, 3.63) is 65.5 Å². The van der Waals surface area contributed by atoms with Gasteiger partial charge in [-0.25, -0.2) is 4.98 Å². The second-order valence-corrected chi connectivity index (χ2v) is 8.11. The van der Waals surface area contributed by atoms with Gasteiger partial charge in [0, 0.05) is 42.1 Å². The van der Waals surface area contributed by atoms with Crippen LogP contribution in [0.1, 0.15) is 34.5 Å². The Morgan fingerprint density at radius 2 is 2.03 bits per heavy atom. The zero-order valence-electron chi connectivity index (χ0n) is 18.2. The lowest BCUT2D eigenvalue weighted by atomic mass is 9.97. The van der Waals surface area contributed by atoms with Crippen molar-refractivity contribution in [1.29, 1.82) is 0 Å². The fraction of sp³-hybridized carbons (Fsp3) is 0.292. The molecule has 2 aromatic heterocycles. The molecule has 0 bridgehead atoms. The summed E-state index contributed by atoms with van der Waals surface area (Å²) in [5, 5.41) is 4.57. The Kier molecular flexibility index (Phi) is 5.14. The van der Waals surface area contributed by atoms with Crippen LogP contribution in [-0.2, 0) is 4.74 Å². The molecule has 1 aliphatic rings. The van der Waals surface area contributed by atoms with Crippen LogP contribution in [0.15, 0.2) is 48.8 Å². The molecule has 8 nitrogen and oxygen atoms in total. The first-order valence-electron chi connectivity index (χ1n) is 10.8. The van der Waals surface area contributed by atoms with Crippen molar-refractivity contribution >= 4 is 34.1 Å². The Morgan fingerprint density at radius 3 is 2.81 bits per heavy atom. The van der Waals surface area contributed by atoms with E-state index >= 15 is 0 Å². The van der Waals surface area contributed by atoms with Gasteiger partial charge in [-0.15, -0.1) is 0 Å². The van der Waals surface area contributed by atoms with Gasteiger partial charge in [0.05, 0.1) is 24.8 Å². The van der Waals surface area contributed by atoms with Crippen LogP contribution in [0.5, 0.6) is 0 Å². The maximum Gasteiger partial charge on any atom is 0.248 e. The van der Waals surface area contributed by atoms with E-state index in [0.29, 0.717) is 11.3 Å². The first-order chi connectivity index (χ1) is 15.5. The maximum atomic E-state index is 11.8. The average Bonchev–Trinajstić information content (AvgIpc) is 3.28. The molecule has 164 valence electrons. The summed E-state index contributed by atoms with van der Waals surface area (Å²) in [6.07, 6.45) is 3.68. The molecule has 2 aromatic carbocycles. The third kappa shape index (κ3) is 3.52. The smallest absolute Gasteiger partial charge is 0.248 e. The number of carbonyl (C=O) groups excluding carboxylic acids is 1. The molecular weight excluding hydrogens is 404 g/mol. The minimum atomic E-state index is -0.422. The maximum absolute atomic E-state index is 11.8. The van der Waals surface area contributed by atoms with E-state index in [2.05, 4.69) is 40.3 Å². The molecular formula is C24H26N6O2. The van der Waals surface area contributed by atoms with E-state index in [4.69, 9.17) is 15.5 Å². The molecule has 0 saturated carbocycles. The van der Waals surface area contributed by atoms with Crippen molar-refractivity contribution < 1.29 is 9.53 Å². The summed E-state index contributed by atoms with van der Waals surface area (Å²) >= 11 is 0. The number of nitrogens with one attached hydrogen (secondary N) is 1. The minimum absolute atomic E-state index is 0.0885. The molecule has 0 aliphatic carbocycles. The summed E-state index contributed by atoms with van der Waals surface area (Å²) < 4.78 is 7.50. The predicted molar refractivity (Wildman–Crippen MR) is 125 cm³/mol. The van der Waals surface area contributed by atoms with Gasteiger partial charge in [0.15, 0.2) is 0 Å². The Labute approximate surface area is 186 Å². The number of anilines is 2. The summed E-state index contributed by atoms with van der Waals surface area (Å²) in [5.74, 6) is 0.966. The molecule has 0 unspecified atom stereocenters. The molecule has 3 N–H and O–H groups in total. The SMILES string of the molecule is Cc1c(C(N)=O)cccc1[C@@H](C)Nc1nc2nccn2c2ccc(N3CCOCC3)cc12. The number of aromatic nitrogens is 3. The van der Waals surface area contributed by atoms with Crippen LogP contribution >= 0.6 is 0 Å². The van der Waals surface area contributed by atoms with E-state index in [1.165, 1.54) is 0 Å². The number of morpholine rings is 1. The molecule has 3 heterocycles. The molecule has 4 aromatic rings. The highest BCUT2D eigenvalue weighted by Crippen LogP contribution is 2.31. The van der Waals surface area contributed by atoms with Crippen LogP contribution in [0.3, 0.4) is 0 Å².